The number of amides is 1. The van der Waals surface area contributed by atoms with E-state index >= 15 is 0 Å². The van der Waals surface area contributed by atoms with Crippen LogP contribution in [0.5, 0.6) is 0 Å². The number of aliphatic hydroxyl groups excluding tert-OH is 1. The molecule has 0 radical (unpaired) electrons. The Morgan fingerprint density at radius 3 is 2.53 bits per heavy atom. The van der Waals surface area contributed by atoms with Gasteiger partial charge in [-0.25, -0.2) is 0 Å². The summed E-state index contributed by atoms with van der Waals surface area (Å²) in [6.45, 7) is 5.73. The van der Waals surface area contributed by atoms with Gasteiger partial charge < -0.3 is 21.1 Å². The minimum atomic E-state index is -0.193. The molecule has 0 heterocycles. The van der Waals surface area contributed by atoms with Gasteiger partial charge in [0, 0.05) is 36.9 Å². The van der Waals surface area contributed by atoms with Gasteiger partial charge in [-0.15, -0.1) is 0 Å². The van der Waals surface area contributed by atoms with Crippen LogP contribution in [0.3, 0.4) is 0 Å². The first-order valence-electron chi connectivity index (χ1n) is 6.59. The molecule has 4 N–H and O–H groups in total. The summed E-state index contributed by atoms with van der Waals surface area (Å²) in [6.07, 6.45) is 0. The number of hydrogen-bond acceptors (Lipinski definition) is 4. The molecular weight excluding hydrogens is 242 g/mol. The Labute approximate surface area is 114 Å². The van der Waals surface area contributed by atoms with Crippen molar-refractivity contribution in [2.75, 3.05) is 36.5 Å². The second-order valence-electron chi connectivity index (χ2n) is 4.48. The third-order valence-electron chi connectivity index (χ3n) is 3.05. The second-order valence-corrected chi connectivity index (χ2v) is 4.48. The van der Waals surface area contributed by atoms with Crippen LogP contribution in [0.25, 0.3) is 0 Å². The van der Waals surface area contributed by atoms with E-state index in [1.165, 1.54) is 0 Å². The Hall–Kier alpha value is -1.59. The van der Waals surface area contributed by atoms with Gasteiger partial charge in [0.05, 0.1) is 6.61 Å². The molecule has 1 aromatic carbocycles. The van der Waals surface area contributed by atoms with E-state index < -0.39 is 0 Å². The molecule has 1 atom stereocenters. The van der Waals surface area contributed by atoms with Crippen molar-refractivity contribution in [3.8, 4) is 0 Å². The maximum atomic E-state index is 11.7. The van der Waals surface area contributed by atoms with Crippen molar-refractivity contribution in [2.24, 2.45) is 11.7 Å². The van der Waals surface area contributed by atoms with Gasteiger partial charge in [0.25, 0.3) is 0 Å². The molecule has 5 heteroatoms. The molecule has 1 unspecified atom stereocenters. The normalized spacial score (nSPS) is 12.0. The molecule has 5 nitrogen and oxygen atoms in total. The van der Waals surface area contributed by atoms with Crippen LogP contribution in [0.2, 0.25) is 0 Å². The maximum Gasteiger partial charge on any atom is 0.228 e. The Kier molecular flexibility index (Phi) is 6.32. The lowest BCUT2D eigenvalue weighted by Crippen LogP contribution is -2.27. The fourth-order valence-corrected chi connectivity index (χ4v) is 1.72. The van der Waals surface area contributed by atoms with Crippen molar-refractivity contribution in [1.82, 2.24) is 0 Å². The van der Waals surface area contributed by atoms with Crippen molar-refractivity contribution in [3.63, 3.8) is 0 Å². The van der Waals surface area contributed by atoms with Crippen LogP contribution in [-0.4, -0.2) is 37.3 Å². The number of hydrogen-bond donors (Lipinski definition) is 3. The number of anilines is 2. The van der Waals surface area contributed by atoms with Crippen LogP contribution in [0.1, 0.15) is 13.8 Å². The zero-order chi connectivity index (χ0) is 14.3. The lowest BCUT2D eigenvalue weighted by Gasteiger charge is -2.22. The Morgan fingerprint density at radius 1 is 1.42 bits per heavy atom. The molecule has 0 aliphatic heterocycles. The highest BCUT2D eigenvalue weighted by molar-refractivity contribution is 5.92. The molecule has 0 bridgehead atoms. The molecule has 19 heavy (non-hydrogen) atoms. The van der Waals surface area contributed by atoms with E-state index in [9.17, 15) is 4.79 Å². The van der Waals surface area contributed by atoms with Gasteiger partial charge in [-0.2, -0.15) is 0 Å². The average molecular weight is 265 g/mol. The zero-order valence-electron chi connectivity index (χ0n) is 11.6. The summed E-state index contributed by atoms with van der Waals surface area (Å²) in [5, 5.41) is 11.8. The van der Waals surface area contributed by atoms with Gasteiger partial charge >= 0.3 is 0 Å². The number of likely N-dealkylation sites (N-methyl/N-ethyl adjacent to an activating group) is 1. The van der Waals surface area contributed by atoms with E-state index in [0.717, 1.165) is 17.9 Å². The highest BCUT2D eigenvalue weighted by Gasteiger charge is 2.11. The van der Waals surface area contributed by atoms with Crippen molar-refractivity contribution < 1.29 is 9.90 Å². The summed E-state index contributed by atoms with van der Waals surface area (Å²) in [5.74, 6) is -0.265. The summed E-state index contributed by atoms with van der Waals surface area (Å²) < 4.78 is 0. The maximum absolute atomic E-state index is 11.7. The summed E-state index contributed by atoms with van der Waals surface area (Å²) in [4.78, 5) is 13.7. The monoisotopic (exact) mass is 265 g/mol. The van der Waals surface area contributed by atoms with Crippen LogP contribution >= 0.6 is 0 Å². The summed E-state index contributed by atoms with van der Waals surface area (Å²) in [5.41, 5.74) is 7.24. The number of nitrogens with zero attached hydrogens (tertiary/aromatic N) is 1. The number of nitrogens with one attached hydrogen (secondary N) is 1. The summed E-state index contributed by atoms with van der Waals surface area (Å²) in [7, 11) is 0. The molecule has 0 spiro atoms. The highest BCUT2D eigenvalue weighted by atomic mass is 16.3. The first-order valence-corrected chi connectivity index (χ1v) is 6.59. The van der Waals surface area contributed by atoms with Gasteiger partial charge in [0.2, 0.25) is 5.91 Å². The van der Waals surface area contributed by atoms with E-state index in [1.54, 1.807) is 6.92 Å². The van der Waals surface area contributed by atoms with Gasteiger partial charge in [-0.3, -0.25) is 4.79 Å². The quantitative estimate of drug-likeness (QED) is 0.688. The van der Waals surface area contributed by atoms with Crippen LogP contribution in [0.4, 0.5) is 11.4 Å². The molecule has 0 aliphatic carbocycles. The van der Waals surface area contributed by atoms with E-state index in [2.05, 4.69) is 10.2 Å². The number of benzene rings is 1. The number of aliphatic hydroxyl groups is 1. The SMILES string of the molecule is CCN(CCO)c1ccc(NC(=O)C(C)CN)cc1. The first kappa shape index (κ1) is 15.5. The first-order chi connectivity index (χ1) is 9.12. The minimum absolute atomic E-state index is 0.0713. The zero-order valence-corrected chi connectivity index (χ0v) is 11.6. The molecule has 0 saturated carbocycles. The van der Waals surface area contributed by atoms with E-state index in [4.69, 9.17) is 10.8 Å². The summed E-state index contributed by atoms with van der Waals surface area (Å²) >= 11 is 0. The largest absolute Gasteiger partial charge is 0.395 e. The molecule has 0 aliphatic rings. The van der Waals surface area contributed by atoms with E-state index in [-0.39, 0.29) is 18.4 Å². The Bertz CT molecular complexity index is 392. The smallest absolute Gasteiger partial charge is 0.228 e. The minimum Gasteiger partial charge on any atom is -0.395 e. The van der Waals surface area contributed by atoms with Crippen LogP contribution < -0.4 is 16.0 Å². The number of carbonyl (C=O) groups is 1. The van der Waals surface area contributed by atoms with Crippen LogP contribution in [0.15, 0.2) is 24.3 Å². The topological polar surface area (TPSA) is 78.6 Å². The Balaban J connectivity index is 2.68. The van der Waals surface area contributed by atoms with Crippen molar-refractivity contribution in [3.05, 3.63) is 24.3 Å². The van der Waals surface area contributed by atoms with Gasteiger partial charge in [0.15, 0.2) is 0 Å². The average Bonchev–Trinajstić information content (AvgIpc) is 2.44. The lowest BCUT2D eigenvalue weighted by atomic mass is 10.1. The molecule has 0 aromatic heterocycles. The van der Waals surface area contributed by atoms with E-state index in [1.807, 2.05) is 31.2 Å². The third-order valence-corrected chi connectivity index (χ3v) is 3.05. The number of nitrogens with two attached hydrogens (primary N) is 1. The molecule has 106 valence electrons. The molecule has 1 amide bonds. The third kappa shape index (κ3) is 4.54. The lowest BCUT2D eigenvalue weighted by molar-refractivity contribution is -0.119. The molecule has 1 aromatic rings. The molecular formula is C14H23N3O2. The predicted octanol–water partition coefficient (Wildman–Crippen LogP) is 1.04. The number of carbonyl (C=O) groups excluding carboxylic acids is 1. The second kappa shape index (κ2) is 7.76. The predicted molar refractivity (Wildman–Crippen MR) is 78.3 cm³/mol. The molecule has 0 saturated heterocycles. The van der Waals surface area contributed by atoms with Crippen molar-refractivity contribution in [2.45, 2.75) is 13.8 Å². The van der Waals surface area contributed by atoms with Gasteiger partial charge in [-0.05, 0) is 31.2 Å². The van der Waals surface area contributed by atoms with Crippen LogP contribution in [0, 0.1) is 5.92 Å². The number of rotatable bonds is 7. The van der Waals surface area contributed by atoms with Gasteiger partial charge in [0.1, 0.15) is 0 Å². The fourth-order valence-electron chi connectivity index (χ4n) is 1.72. The highest BCUT2D eigenvalue weighted by Crippen LogP contribution is 2.18. The Morgan fingerprint density at radius 2 is 2.05 bits per heavy atom. The van der Waals surface area contributed by atoms with Crippen LogP contribution in [-0.2, 0) is 4.79 Å². The van der Waals surface area contributed by atoms with Crippen molar-refractivity contribution >= 4 is 17.3 Å². The standard InChI is InChI=1S/C14H23N3O2/c1-3-17(8-9-18)13-6-4-12(5-7-13)16-14(19)11(2)10-15/h4-7,11,18H,3,8-10,15H2,1-2H3,(H,16,19). The molecule has 1 rings (SSSR count). The summed E-state index contributed by atoms with van der Waals surface area (Å²) in [6, 6.07) is 7.58. The van der Waals surface area contributed by atoms with Gasteiger partial charge in [-0.1, -0.05) is 6.92 Å². The molecule has 0 fully saturated rings. The fraction of sp³-hybridized carbons (Fsp3) is 0.500. The van der Waals surface area contributed by atoms with Crippen molar-refractivity contribution in [1.29, 1.82) is 0 Å². The van der Waals surface area contributed by atoms with E-state index in [0.29, 0.717) is 13.1 Å².